The third-order valence-electron chi connectivity index (χ3n) is 5.52. The van der Waals surface area contributed by atoms with Gasteiger partial charge in [-0.25, -0.2) is 18.8 Å². The SMILES string of the molecule is O=C(OC[C@H]1O[C@@](O)(Br)[C@H](OC(=O)c2ccccc2)[C@@H](OC(=O)c2ccccc2)[C@@H]1F)c1ccccc1. The lowest BCUT2D eigenvalue weighted by Gasteiger charge is -2.44. The molecule has 3 aromatic carbocycles. The monoisotopic (exact) mass is 572 g/mol. The van der Waals surface area contributed by atoms with Gasteiger partial charge in [-0.1, -0.05) is 54.6 Å². The van der Waals surface area contributed by atoms with E-state index in [9.17, 15) is 19.5 Å². The van der Waals surface area contributed by atoms with Crippen molar-refractivity contribution in [2.45, 2.75) is 29.2 Å². The molecule has 0 aromatic heterocycles. The van der Waals surface area contributed by atoms with Gasteiger partial charge in [-0.3, -0.25) is 0 Å². The standard InChI is InChI=1S/C27H22BrFO8/c28-27(33)23(36-26(32)19-14-8-3-9-15-19)22(35-25(31)18-12-6-2-7-13-18)21(29)20(37-27)16-34-24(30)17-10-4-1-5-11-17/h1-15,20-23,33H,16H2/t20-,21-,22+,23-,27-/m1/s1. The zero-order valence-corrected chi connectivity index (χ0v) is 20.8. The number of hydrogen-bond acceptors (Lipinski definition) is 8. The van der Waals surface area contributed by atoms with Gasteiger partial charge in [0.05, 0.1) is 16.7 Å². The maximum absolute atomic E-state index is 15.8. The molecule has 0 unspecified atom stereocenters. The van der Waals surface area contributed by atoms with Gasteiger partial charge in [0.2, 0.25) is 6.10 Å². The van der Waals surface area contributed by atoms with Crippen molar-refractivity contribution in [2.75, 3.05) is 6.61 Å². The number of ether oxygens (including phenoxy) is 4. The normalized spacial score (nSPS) is 25.1. The van der Waals surface area contributed by atoms with Gasteiger partial charge in [-0.05, 0) is 52.3 Å². The Morgan fingerprint density at radius 3 is 1.70 bits per heavy atom. The smallest absolute Gasteiger partial charge is 0.338 e. The summed E-state index contributed by atoms with van der Waals surface area (Å²) in [4.78, 5) is 37.8. The van der Waals surface area contributed by atoms with E-state index in [0.717, 1.165) is 0 Å². The predicted octanol–water partition coefficient (Wildman–Crippen LogP) is 4.07. The van der Waals surface area contributed by atoms with Crippen LogP contribution >= 0.6 is 15.9 Å². The van der Waals surface area contributed by atoms with Crippen LogP contribution < -0.4 is 0 Å². The summed E-state index contributed by atoms with van der Waals surface area (Å²) in [6.45, 7) is -0.623. The van der Waals surface area contributed by atoms with Gasteiger partial charge < -0.3 is 24.1 Å². The number of carbonyl (C=O) groups excluding carboxylic acids is 3. The number of carbonyl (C=O) groups is 3. The van der Waals surface area contributed by atoms with Gasteiger partial charge in [-0.2, -0.15) is 0 Å². The topological polar surface area (TPSA) is 108 Å². The van der Waals surface area contributed by atoms with Crippen molar-refractivity contribution in [3.05, 3.63) is 108 Å². The fourth-order valence-corrected chi connectivity index (χ4v) is 4.25. The van der Waals surface area contributed by atoms with E-state index >= 15 is 4.39 Å². The lowest BCUT2D eigenvalue weighted by Crippen LogP contribution is -2.64. The van der Waals surface area contributed by atoms with Gasteiger partial charge in [0, 0.05) is 0 Å². The highest BCUT2D eigenvalue weighted by molar-refractivity contribution is 9.10. The molecule has 0 bridgehead atoms. The zero-order chi connectivity index (χ0) is 26.4. The molecule has 10 heteroatoms. The maximum atomic E-state index is 15.8. The maximum Gasteiger partial charge on any atom is 0.338 e. The summed E-state index contributed by atoms with van der Waals surface area (Å²) in [7, 11) is 0. The molecular weight excluding hydrogens is 551 g/mol. The summed E-state index contributed by atoms with van der Waals surface area (Å²) in [5.74, 6) is -2.57. The Morgan fingerprint density at radius 1 is 0.784 bits per heavy atom. The van der Waals surface area contributed by atoms with E-state index in [1.54, 1.807) is 54.6 Å². The molecule has 1 aliphatic rings. The third kappa shape index (κ3) is 6.40. The fraction of sp³-hybridized carbons (Fsp3) is 0.222. The van der Waals surface area contributed by atoms with Crippen molar-refractivity contribution < 1.29 is 42.8 Å². The average Bonchev–Trinajstić information content (AvgIpc) is 2.92. The van der Waals surface area contributed by atoms with Crippen LogP contribution in [0.2, 0.25) is 0 Å². The Kier molecular flexibility index (Phi) is 8.32. The van der Waals surface area contributed by atoms with Crippen LogP contribution in [0.25, 0.3) is 0 Å². The number of esters is 3. The number of alkyl halides is 2. The van der Waals surface area contributed by atoms with Crippen LogP contribution in [-0.4, -0.2) is 58.8 Å². The number of benzene rings is 3. The van der Waals surface area contributed by atoms with E-state index in [2.05, 4.69) is 15.9 Å². The Morgan fingerprint density at radius 2 is 1.22 bits per heavy atom. The quantitative estimate of drug-likeness (QED) is 0.256. The van der Waals surface area contributed by atoms with Crippen molar-refractivity contribution >= 4 is 33.8 Å². The summed E-state index contributed by atoms with van der Waals surface area (Å²) in [5.41, 5.74) is 0.456. The highest BCUT2D eigenvalue weighted by Crippen LogP contribution is 2.38. The zero-order valence-electron chi connectivity index (χ0n) is 19.2. The molecule has 1 heterocycles. The molecular formula is C27H22BrFO8. The molecule has 0 aliphatic carbocycles. The molecule has 0 spiro atoms. The predicted molar refractivity (Wildman–Crippen MR) is 132 cm³/mol. The third-order valence-corrected chi connectivity index (χ3v) is 6.16. The summed E-state index contributed by atoms with van der Waals surface area (Å²) in [6.07, 6.45) is -7.36. The first-order valence-corrected chi connectivity index (χ1v) is 12.0. The van der Waals surface area contributed by atoms with E-state index < -0.39 is 53.7 Å². The molecule has 3 aromatic rings. The molecule has 1 N–H and O–H groups in total. The van der Waals surface area contributed by atoms with Crippen LogP contribution in [0.15, 0.2) is 91.0 Å². The van der Waals surface area contributed by atoms with Crippen LogP contribution in [-0.2, 0) is 18.9 Å². The first-order chi connectivity index (χ1) is 17.8. The van der Waals surface area contributed by atoms with E-state index in [0.29, 0.717) is 0 Å². The highest BCUT2D eigenvalue weighted by Gasteiger charge is 2.58. The van der Waals surface area contributed by atoms with Gasteiger partial charge in [0.25, 0.3) is 4.70 Å². The molecule has 37 heavy (non-hydrogen) atoms. The molecule has 1 aliphatic heterocycles. The Hall–Kier alpha value is -3.60. The molecule has 5 atom stereocenters. The second-order valence-corrected chi connectivity index (χ2v) is 9.24. The Bertz CT molecular complexity index is 1220. The lowest BCUT2D eigenvalue weighted by atomic mass is 9.99. The van der Waals surface area contributed by atoms with E-state index in [1.807, 2.05) is 0 Å². The van der Waals surface area contributed by atoms with Gasteiger partial charge in [0.15, 0.2) is 12.3 Å². The van der Waals surface area contributed by atoms with Gasteiger partial charge >= 0.3 is 17.9 Å². The van der Waals surface area contributed by atoms with Gasteiger partial charge in [0.1, 0.15) is 12.7 Å². The molecule has 8 nitrogen and oxygen atoms in total. The van der Waals surface area contributed by atoms with Crippen LogP contribution in [0.4, 0.5) is 4.39 Å². The second-order valence-electron chi connectivity index (χ2n) is 8.10. The van der Waals surface area contributed by atoms with E-state index in [-0.39, 0.29) is 16.7 Å². The van der Waals surface area contributed by atoms with E-state index in [1.165, 1.54) is 36.4 Å². The molecule has 192 valence electrons. The van der Waals surface area contributed by atoms with E-state index in [4.69, 9.17) is 18.9 Å². The molecule has 0 radical (unpaired) electrons. The Balaban J connectivity index is 1.57. The summed E-state index contributed by atoms with van der Waals surface area (Å²) in [6, 6.07) is 23.6. The van der Waals surface area contributed by atoms with Gasteiger partial charge in [-0.15, -0.1) is 0 Å². The van der Waals surface area contributed by atoms with Crippen LogP contribution in [0.1, 0.15) is 31.1 Å². The molecule has 1 saturated heterocycles. The van der Waals surface area contributed by atoms with Crippen molar-refractivity contribution in [2.24, 2.45) is 0 Å². The fourth-order valence-electron chi connectivity index (χ4n) is 3.66. The number of halogens is 2. The van der Waals surface area contributed by atoms with Crippen molar-refractivity contribution in [1.82, 2.24) is 0 Å². The molecule has 0 saturated carbocycles. The minimum Gasteiger partial charge on any atom is -0.459 e. The minimum atomic E-state index is -2.48. The van der Waals surface area contributed by atoms with Crippen LogP contribution in [0.3, 0.4) is 0 Å². The van der Waals surface area contributed by atoms with Crippen molar-refractivity contribution in [1.29, 1.82) is 0 Å². The second kappa shape index (κ2) is 11.6. The first kappa shape index (κ1) is 26.5. The van der Waals surface area contributed by atoms with Crippen molar-refractivity contribution in [3.8, 4) is 0 Å². The number of hydrogen-bond donors (Lipinski definition) is 1. The minimum absolute atomic E-state index is 0.111. The lowest BCUT2D eigenvalue weighted by molar-refractivity contribution is -0.289. The summed E-state index contributed by atoms with van der Waals surface area (Å²) >= 11 is 2.92. The largest absolute Gasteiger partial charge is 0.459 e. The van der Waals surface area contributed by atoms with Crippen molar-refractivity contribution in [3.63, 3.8) is 0 Å². The molecule has 4 rings (SSSR count). The summed E-state index contributed by atoms with van der Waals surface area (Å²) in [5, 5.41) is 11.0. The first-order valence-electron chi connectivity index (χ1n) is 11.2. The molecule has 0 amide bonds. The highest BCUT2D eigenvalue weighted by atomic mass is 79.9. The Labute approximate surface area is 220 Å². The van der Waals surface area contributed by atoms with Crippen LogP contribution in [0.5, 0.6) is 0 Å². The number of aliphatic hydroxyl groups is 1. The average molecular weight is 573 g/mol. The summed E-state index contributed by atoms with van der Waals surface area (Å²) < 4.78 is 34.6. The molecule has 1 fully saturated rings. The number of rotatable bonds is 7. The van der Waals surface area contributed by atoms with Crippen LogP contribution in [0, 0.1) is 0 Å².